The molecule has 0 saturated heterocycles. The van der Waals surface area contributed by atoms with Crippen molar-refractivity contribution in [3.63, 3.8) is 0 Å². The van der Waals surface area contributed by atoms with Gasteiger partial charge in [0.05, 0.1) is 6.61 Å². The average molecular weight is 260 g/mol. The fourth-order valence-corrected chi connectivity index (χ4v) is 1.64. The third kappa shape index (κ3) is 3.74. The van der Waals surface area contributed by atoms with Crippen LogP contribution >= 0.6 is 0 Å². The quantitative estimate of drug-likeness (QED) is 0.853. The van der Waals surface area contributed by atoms with Crippen LogP contribution in [-0.4, -0.2) is 22.3 Å². The molecule has 6 nitrogen and oxygen atoms in total. The molecule has 6 heteroatoms. The van der Waals surface area contributed by atoms with Crippen LogP contribution in [0.15, 0.2) is 36.5 Å². The summed E-state index contributed by atoms with van der Waals surface area (Å²) in [5, 5.41) is 6.73. The van der Waals surface area contributed by atoms with E-state index in [9.17, 15) is 4.79 Å². The lowest BCUT2D eigenvalue weighted by Crippen LogP contribution is -2.19. The highest BCUT2D eigenvalue weighted by atomic mass is 16.5. The van der Waals surface area contributed by atoms with Gasteiger partial charge in [0.15, 0.2) is 0 Å². The molecule has 1 amide bonds. The van der Waals surface area contributed by atoms with Crippen molar-refractivity contribution in [3.05, 3.63) is 36.5 Å². The van der Waals surface area contributed by atoms with Gasteiger partial charge in [-0.05, 0) is 25.1 Å². The zero-order valence-electron chi connectivity index (χ0n) is 10.7. The third-order valence-electron chi connectivity index (χ3n) is 2.40. The maximum Gasteiger partial charge on any atom is 0.246 e. The minimum Gasteiger partial charge on any atom is -0.494 e. The minimum atomic E-state index is -0.170. The highest BCUT2D eigenvalue weighted by Crippen LogP contribution is 2.17. The van der Waals surface area contributed by atoms with Gasteiger partial charge in [0.1, 0.15) is 18.1 Å². The number of carbonyl (C=O) groups excluding carboxylic acids is 1. The van der Waals surface area contributed by atoms with Crippen molar-refractivity contribution in [1.82, 2.24) is 9.78 Å². The van der Waals surface area contributed by atoms with Crippen molar-refractivity contribution in [3.8, 4) is 5.75 Å². The van der Waals surface area contributed by atoms with Crippen LogP contribution in [0.5, 0.6) is 5.75 Å². The summed E-state index contributed by atoms with van der Waals surface area (Å²) in [6, 6.07) is 8.89. The smallest absolute Gasteiger partial charge is 0.246 e. The Morgan fingerprint density at radius 2 is 2.32 bits per heavy atom. The number of carbonyl (C=O) groups is 1. The molecule has 0 aliphatic carbocycles. The Morgan fingerprint density at radius 1 is 1.47 bits per heavy atom. The van der Waals surface area contributed by atoms with E-state index in [0.717, 1.165) is 5.75 Å². The molecule has 0 spiro atoms. The van der Waals surface area contributed by atoms with Crippen LogP contribution in [-0.2, 0) is 11.3 Å². The van der Waals surface area contributed by atoms with Gasteiger partial charge in [-0.2, -0.15) is 5.10 Å². The van der Waals surface area contributed by atoms with E-state index >= 15 is 0 Å². The van der Waals surface area contributed by atoms with Crippen LogP contribution in [0.3, 0.4) is 0 Å². The van der Waals surface area contributed by atoms with Crippen LogP contribution in [0.25, 0.3) is 0 Å². The highest BCUT2D eigenvalue weighted by molar-refractivity contribution is 5.90. The predicted octanol–water partition coefficient (Wildman–Crippen LogP) is 1.50. The summed E-state index contributed by atoms with van der Waals surface area (Å²) < 4.78 is 6.85. The van der Waals surface area contributed by atoms with Crippen molar-refractivity contribution in [2.75, 3.05) is 17.7 Å². The van der Waals surface area contributed by atoms with E-state index in [-0.39, 0.29) is 12.5 Å². The Morgan fingerprint density at radius 3 is 3.00 bits per heavy atom. The lowest BCUT2D eigenvalue weighted by atomic mass is 10.3. The molecule has 3 N–H and O–H groups in total. The molecule has 19 heavy (non-hydrogen) atoms. The number of rotatable bonds is 5. The Kier molecular flexibility index (Phi) is 4.02. The van der Waals surface area contributed by atoms with Gasteiger partial charge in [0.2, 0.25) is 5.91 Å². The molecule has 1 aromatic carbocycles. The molecule has 0 saturated carbocycles. The van der Waals surface area contributed by atoms with Crippen molar-refractivity contribution in [2.24, 2.45) is 0 Å². The zero-order valence-corrected chi connectivity index (χ0v) is 10.7. The summed E-state index contributed by atoms with van der Waals surface area (Å²) in [7, 11) is 0. The van der Waals surface area contributed by atoms with E-state index in [4.69, 9.17) is 10.5 Å². The van der Waals surface area contributed by atoms with Crippen molar-refractivity contribution >= 4 is 17.4 Å². The molecule has 0 aliphatic heterocycles. The van der Waals surface area contributed by atoms with Gasteiger partial charge in [-0.15, -0.1) is 0 Å². The number of amides is 1. The van der Waals surface area contributed by atoms with Crippen LogP contribution in [0.4, 0.5) is 11.5 Å². The lowest BCUT2D eigenvalue weighted by molar-refractivity contribution is -0.116. The molecule has 0 atom stereocenters. The summed E-state index contributed by atoms with van der Waals surface area (Å²) in [5.74, 6) is 0.950. The number of benzene rings is 1. The van der Waals surface area contributed by atoms with E-state index in [0.29, 0.717) is 18.1 Å². The first-order chi connectivity index (χ1) is 9.17. The Bertz CT molecular complexity index is 565. The number of nitrogens with zero attached hydrogens (tertiary/aromatic N) is 2. The topological polar surface area (TPSA) is 82.2 Å². The first-order valence-corrected chi connectivity index (χ1v) is 5.99. The zero-order chi connectivity index (χ0) is 13.7. The van der Waals surface area contributed by atoms with Gasteiger partial charge in [-0.25, -0.2) is 0 Å². The van der Waals surface area contributed by atoms with Crippen molar-refractivity contribution in [1.29, 1.82) is 0 Å². The van der Waals surface area contributed by atoms with E-state index in [2.05, 4.69) is 10.4 Å². The largest absolute Gasteiger partial charge is 0.494 e. The highest BCUT2D eigenvalue weighted by Gasteiger charge is 2.05. The molecule has 100 valence electrons. The molecule has 1 heterocycles. The van der Waals surface area contributed by atoms with E-state index < -0.39 is 0 Å². The van der Waals surface area contributed by atoms with Crippen LogP contribution in [0, 0.1) is 0 Å². The summed E-state index contributed by atoms with van der Waals surface area (Å²) in [6.07, 6.45) is 1.66. The van der Waals surface area contributed by atoms with Crippen molar-refractivity contribution in [2.45, 2.75) is 13.5 Å². The molecule has 0 fully saturated rings. The number of nitrogens with one attached hydrogen (secondary N) is 1. The molecular weight excluding hydrogens is 244 g/mol. The van der Waals surface area contributed by atoms with Crippen molar-refractivity contribution < 1.29 is 9.53 Å². The second-order valence-electron chi connectivity index (χ2n) is 3.95. The van der Waals surface area contributed by atoms with E-state index in [1.54, 1.807) is 24.4 Å². The number of aromatic nitrogens is 2. The van der Waals surface area contributed by atoms with Crippen LogP contribution in [0.1, 0.15) is 6.92 Å². The predicted molar refractivity (Wildman–Crippen MR) is 72.9 cm³/mol. The first kappa shape index (κ1) is 12.9. The van der Waals surface area contributed by atoms with Crippen LogP contribution in [0.2, 0.25) is 0 Å². The van der Waals surface area contributed by atoms with Gasteiger partial charge in [-0.1, -0.05) is 6.07 Å². The normalized spacial score (nSPS) is 10.2. The summed E-state index contributed by atoms with van der Waals surface area (Å²) in [5.41, 5.74) is 6.17. The number of nitrogen functional groups attached to an aromatic ring is 1. The standard InChI is InChI=1S/C13H16N4O2/c1-2-19-11-5-3-4-10(8-11)15-13(18)9-17-7-6-12(14)16-17/h3-8H,2,9H2,1H3,(H2,14,16)(H,15,18). The van der Waals surface area contributed by atoms with Gasteiger partial charge in [0.25, 0.3) is 0 Å². The van der Waals surface area contributed by atoms with E-state index in [1.807, 2.05) is 19.1 Å². The summed E-state index contributed by atoms with van der Waals surface area (Å²) >= 11 is 0. The molecule has 0 radical (unpaired) electrons. The Balaban J connectivity index is 1.96. The Hall–Kier alpha value is -2.50. The molecule has 0 unspecified atom stereocenters. The SMILES string of the molecule is CCOc1cccc(NC(=O)Cn2ccc(N)n2)c1. The van der Waals surface area contributed by atoms with E-state index in [1.165, 1.54) is 4.68 Å². The molecule has 2 aromatic rings. The van der Waals surface area contributed by atoms with Gasteiger partial charge < -0.3 is 15.8 Å². The number of hydrogen-bond donors (Lipinski definition) is 2. The van der Waals surface area contributed by atoms with Gasteiger partial charge in [0, 0.05) is 18.0 Å². The molecule has 0 bridgehead atoms. The fraction of sp³-hybridized carbons (Fsp3) is 0.231. The lowest BCUT2D eigenvalue weighted by Gasteiger charge is -2.08. The third-order valence-corrected chi connectivity index (χ3v) is 2.40. The second-order valence-corrected chi connectivity index (χ2v) is 3.95. The first-order valence-electron chi connectivity index (χ1n) is 5.99. The maximum atomic E-state index is 11.8. The Labute approximate surface area is 111 Å². The van der Waals surface area contributed by atoms with Gasteiger partial charge >= 0.3 is 0 Å². The van der Waals surface area contributed by atoms with Crippen LogP contribution < -0.4 is 15.8 Å². The maximum absolute atomic E-state index is 11.8. The fourth-order valence-electron chi connectivity index (χ4n) is 1.64. The summed E-state index contributed by atoms with van der Waals surface area (Å²) in [6.45, 7) is 2.62. The molecule has 0 aliphatic rings. The summed E-state index contributed by atoms with van der Waals surface area (Å²) in [4.78, 5) is 11.8. The molecule has 1 aromatic heterocycles. The number of ether oxygens (including phenoxy) is 1. The monoisotopic (exact) mass is 260 g/mol. The minimum absolute atomic E-state index is 0.121. The number of nitrogens with two attached hydrogens (primary N) is 1. The number of hydrogen-bond acceptors (Lipinski definition) is 4. The van der Waals surface area contributed by atoms with Gasteiger partial charge in [-0.3, -0.25) is 9.48 Å². The molecule has 2 rings (SSSR count). The second kappa shape index (κ2) is 5.90. The molecular formula is C13H16N4O2. The number of anilines is 2. The average Bonchev–Trinajstić information content (AvgIpc) is 2.75.